The highest BCUT2D eigenvalue weighted by molar-refractivity contribution is 5.82. The van der Waals surface area contributed by atoms with E-state index in [0.717, 1.165) is 0 Å². The Bertz CT molecular complexity index is 566. The molecule has 3 N–H and O–H groups in total. The quantitative estimate of drug-likeness (QED) is 0.729. The Hall–Kier alpha value is -2.18. The van der Waals surface area contributed by atoms with Gasteiger partial charge in [-0.1, -0.05) is 13.8 Å². The number of carboxylic acid groups (broad SMARTS) is 1. The molecule has 2 aromatic rings. The number of rotatable bonds is 6. The van der Waals surface area contributed by atoms with Crippen molar-refractivity contribution in [1.82, 2.24) is 19.9 Å². The first-order chi connectivity index (χ1) is 9.08. The maximum Gasteiger partial charge on any atom is 0.308 e. The molecule has 0 aromatic carbocycles. The highest BCUT2D eigenvalue weighted by atomic mass is 16.4. The third-order valence-electron chi connectivity index (χ3n) is 2.84. The number of hydrogen-bond acceptors (Lipinski definition) is 5. The highest BCUT2D eigenvalue weighted by Gasteiger charge is 2.19. The van der Waals surface area contributed by atoms with Crippen LogP contribution in [0.5, 0.6) is 0 Å². The summed E-state index contributed by atoms with van der Waals surface area (Å²) in [6.07, 6.45) is 3.57. The molecule has 2 heterocycles. The Balaban J connectivity index is 2.08. The molecule has 7 heteroatoms. The van der Waals surface area contributed by atoms with E-state index in [4.69, 9.17) is 0 Å². The van der Waals surface area contributed by atoms with Crippen LogP contribution in [0.2, 0.25) is 0 Å². The molecule has 0 fully saturated rings. The number of fused-ring (bicyclic) bond motifs is 1. The van der Waals surface area contributed by atoms with Crippen LogP contribution < -0.4 is 5.32 Å². The minimum atomic E-state index is -0.795. The van der Waals surface area contributed by atoms with Gasteiger partial charge < -0.3 is 15.4 Å². The predicted octanol–water partition coefficient (Wildman–Crippen LogP) is 1.51. The molecular formula is C12H17N5O2. The summed E-state index contributed by atoms with van der Waals surface area (Å²) in [7, 11) is 0. The van der Waals surface area contributed by atoms with Crippen molar-refractivity contribution in [3.05, 3.63) is 12.7 Å². The van der Waals surface area contributed by atoms with Crippen molar-refractivity contribution < 1.29 is 9.90 Å². The van der Waals surface area contributed by atoms with Gasteiger partial charge in [0, 0.05) is 6.54 Å². The number of carboxylic acids is 1. The summed E-state index contributed by atoms with van der Waals surface area (Å²) < 4.78 is 0. The zero-order chi connectivity index (χ0) is 13.8. The summed E-state index contributed by atoms with van der Waals surface area (Å²) in [6.45, 7) is 4.35. The second kappa shape index (κ2) is 5.64. The summed E-state index contributed by atoms with van der Waals surface area (Å²) in [4.78, 5) is 26.2. The van der Waals surface area contributed by atoms with E-state index < -0.39 is 11.9 Å². The van der Waals surface area contributed by atoms with Gasteiger partial charge in [0.05, 0.1) is 12.2 Å². The normalized spacial score (nSPS) is 12.8. The summed E-state index contributed by atoms with van der Waals surface area (Å²) in [6, 6.07) is 0. The van der Waals surface area contributed by atoms with Gasteiger partial charge in [-0.05, 0) is 12.3 Å². The molecule has 2 rings (SSSR count). The molecule has 0 spiro atoms. The smallest absolute Gasteiger partial charge is 0.308 e. The fourth-order valence-electron chi connectivity index (χ4n) is 1.96. The van der Waals surface area contributed by atoms with Crippen LogP contribution in [0.15, 0.2) is 12.7 Å². The van der Waals surface area contributed by atoms with Crippen LogP contribution in [0.3, 0.4) is 0 Å². The Morgan fingerprint density at radius 1 is 1.42 bits per heavy atom. The fourth-order valence-corrected chi connectivity index (χ4v) is 1.96. The van der Waals surface area contributed by atoms with E-state index in [1.165, 1.54) is 12.7 Å². The van der Waals surface area contributed by atoms with E-state index in [0.29, 0.717) is 35.9 Å². The Morgan fingerprint density at radius 2 is 2.21 bits per heavy atom. The molecule has 1 unspecified atom stereocenters. The van der Waals surface area contributed by atoms with Crippen molar-refractivity contribution >= 4 is 23.0 Å². The maximum absolute atomic E-state index is 11.2. The van der Waals surface area contributed by atoms with Gasteiger partial charge >= 0.3 is 5.97 Å². The van der Waals surface area contributed by atoms with Crippen LogP contribution in [-0.4, -0.2) is 37.6 Å². The summed E-state index contributed by atoms with van der Waals surface area (Å²) in [5, 5.41) is 12.2. The lowest BCUT2D eigenvalue weighted by atomic mass is 9.97. The molecule has 19 heavy (non-hydrogen) atoms. The van der Waals surface area contributed by atoms with Crippen molar-refractivity contribution in [3.63, 3.8) is 0 Å². The lowest BCUT2D eigenvalue weighted by molar-refractivity contribution is -0.141. The van der Waals surface area contributed by atoms with Crippen molar-refractivity contribution in [2.24, 2.45) is 11.8 Å². The topological polar surface area (TPSA) is 104 Å². The molecule has 0 bridgehead atoms. The number of H-pyrrole nitrogens is 1. The number of aromatic amines is 1. The van der Waals surface area contributed by atoms with Gasteiger partial charge in [0.25, 0.3) is 0 Å². The fraction of sp³-hybridized carbons (Fsp3) is 0.500. The van der Waals surface area contributed by atoms with Crippen molar-refractivity contribution in [1.29, 1.82) is 0 Å². The number of aliphatic carboxylic acids is 1. The second-order valence-electron chi connectivity index (χ2n) is 4.87. The summed E-state index contributed by atoms with van der Waals surface area (Å²) in [5.41, 5.74) is 1.25. The van der Waals surface area contributed by atoms with Gasteiger partial charge in [0.1, 0.15) is 11.8 Å². The van der Waals surface area contributed by atoms with Crippen LogP contribution in [0.4, 0.5) is 5.82 Å². The zero-order valence-corrected chi connectivity index (χ0v) is 10.9. The van der Waals surface area contributed by atoms with Gasteiger partial charge in [-0.25, -0.2) is 15.0 Å². The molecule has 0 radical (unpaired) electrons. The van der Waals surface area contributed by atoms with Crippen LogP contribution >= 0.6 is 0 Å². The number of anilines is 1. The van der Waals surface area contributed by atoms with E-state index in [1.807, 2.05) is 13.8 Å². The van der Waals surface area contributed by atoms with E-state index in [2.05, 4.69) is 25.3 Å². The van der Waals surface area contributed by atoms with E-state index in [9.17, 15) is 9.90 Å². The van der Waals surface area contributed by atoms with Crippen LogP contribution in [0.25, 0.3) is 11.2 Å². The first-order valence-electron chi connectivity index (χ1n) is 6.18. The molecule has 1 atom stereocenters. The van der Waals surface area contributed by atoms with Gasteiger partial charge in [-0.3, -0.25) is 4.79 Å². The third kappa shape index (κ3) is 3.18. The van der Waals surface area contributed by atoms with Crippen molar-refractivity contribution in [2.45, 2.75) is 20.3 Å². The largest absolute Gasteiger partial charge is 0.481 e. The predicted molar refractivity (Wildman–Crippen MR) is 70.8 cm³/mol. The van der Waals surface area contributed by atoms with Gasteiger partial charge in [0.2, 0.25) is 0 Å². The minimum Gasteiger partial charge on any atom is -0.481 e. The highest BCUT2D eigenvalue weighted by Crippen LogP contribution is 2.17. The molecule has 0 aliphatic rings. The molecule has 0 aliphatic heterocycles. The number of nitrogens with one attached hydrogen (secondary N) is 2. The average molecular weight is 263 g/mol. The van der Waals surface area contributed by atoms with Crippen LogP contribution in [-0.2, 0) is 4.79 Å². The number of carbonyl (C=O) groups is 1. The number of hydrogen-bond donors (Lipinski definition) is 3. The number of nitrogens with zero attached hydrogens (tertiary/aromatic N) is 3. The number of aromatic nitrogens is 4. The lowest BCUT2D eigenvalue weighted by Gasteiger charge is -2.15. The Kier molecular flexibility index (Phi) is 3.94. The van der Waals surface area contributed by atoms with E-state index in [1.54, 1.807) is 0 Å². The van der Waals surface area contributed by atoms with Gasteiger partial charge in [0.15, 0.2) is 11.5 Å². The lowest BCUT2D eigenvalue weighted by Crippen LogP contribution is -2.24. The summed E-state index contributed by atoms with van der Waals surface area (Å²) in [5.74, 6) is -0.318. The zero-order valence-electron chi connectivity index (χ0n) is 10.9. The molecule has 0 amide bonds. The van der Waals surface area contributed by atoms with Gasteiger partial charge in [-0.15, -0.1) is 0 Å². The molecule has 0 saturated carbocycles. The van der Waals surface area contributed by atoms with E-state index in [-0.39, 0.29) is 0 Å². The molecule has 0 saturated heterocycles. The first-order valence-corrected chi connectivity index (χ1v) is 6.18. The average Bonchev–Trinajstić information content (AvgIpc) is 2.82. The van der Waals surface area contributed by atoms with E-state index >= 15 is 0 Å². The van der Waals surface area contributed by atoms with Crippen LogP contribution in [0.1, 0.15) is 20.3 Å². The van der Waals surface area contributed by atoms with Crippen molar-refractivity contribution in [2.75, 3.05) is 11.9 Å². The summed E-state index contributed by atoms with van der Waals surface area (Å²) >= 11 is 0. The SMILES string of the molecule is CC(C)CC(CNc1ncnc2nc[nH]c12)C(=O)O. The molecular weight excluding hydrogens is 246 g/mol. The first kappa shape index (κ1) is 13.3. The Labute approximate surface area is 110 Å². The number of imidazole rings is 1. The molecule has 2 aromatic heterocycles. The maximum atomic E-state index is 11.2. The second-order valence-corrected chi connectivity index (χ2v) is 4.87. The third-order valence-corrected chi connectivity index (χ3v) is 2.84. The molecule has 0 aliphatic carbocycles. The van der Waals surface area contributed by atoms with Crippen molar-refractivity contribution in [3.8, 4) is 0 Å². The molecule has 7 nitrogen and oxygen atoms in total. The van der Waals surface area contributed by atoms with Crippen LogP contribution in [0, 0.1) is 11.8 Å². The molecule has 102 valence electrons. The standard InChI is InChI=1S/C12H17N5O2/c1-7(2)3-8(12(18)19)4-13-10-9-11(15-5-14-9)17-6-16-10/h5-8H,3-4H2,1-2H3,(H,18,19)(H2,13,14,15,16,17). The monoisotopic (exact) mass is 263 g/mol. The van der Waals surface area contributed by atoms with Gasteiger partial charge in [-0.2, -0.15) is 0 Å². The Morgan fingerprint density at radius 3 is 2.89 bits per heavy atom. The minimum absolute atomic E-state index is 0.332.